The fourth-order valence-corrected chi connectivity index (χ4v) is 5.50. The number of nitrogens with zero attached hydrogens (tertiary/aromatic N) is 3. The highest BCUT2D eigenvalue weighted by Gasteiger charge is 2.37. The molecule has 1 amide bonds. The van der Waals surface area contributed by atoms with Gasteiger partial charge in [0.1, 0.15) is 5.56 Å². The molecule has 3 aromatic rings. The molecule has 0 unspecified atom stereocenters. The Hall–Kier alpha value is -2.81. The van der Waals surface area contributed by atoms with Crippen molar-refractivity contribution < 1.29 is 20.1 Å². The van der Waals surface area contributed by atoms with Crippen molar-refractivity contribution in [3.05, 3.63) is 65.6 Å². The number of fused-ring (bicyclic) bond motifs is 1. The largest absolute Gasteiger partial charge is 0.396 e. The Balaban J connectivity index is 1.50. The van der Waals surface area contributed by atoms with E-state index in [1.165, 1.54) is 6.20 Å². The fraction of sp³-hybridized carbons (Fsp3) is 0.536. The van der Waals surface area contributed by atoms with Gasteiger partial charge in [-0.25, -0.2) is 9.50 Å². The summed E-state index contributed by atoms with van der Waals surface area (Å²) >= 11 is 0. The van der Waals surface area contributed by atoms with Crippen molar-refractivity contribution in [1.82, 2.24) is 19.9 Å². The maximum Gasteiger partial charge on any atom is 0.256 e. The van der Waals surface area contributed by atoms with Crippen LogP contribution in [0.25, 0.3) is 5.65 Å². The Morgan fingerprint density at radius 1 is 1.19 bits per heavy atom. The number of hydrogen-bond donors (Lipinski definition) is 4. The van der Waals surface area contributed by atoms with Crippen LogP contribution < -0.4 is 5.32 Å². The molecule has 4 rings (SSSR count). The molecule has 2 heterocycles. The van der Waals surface area contributed by atoms with Crippen LogP contribution in [0.2, 0.25) is 0 Å². The number of carbonyl (C=O) groups excluding carboxylic acids is 1. The van der Waals surface area contributed by atoms with Crippen molar-refractivity contribution >= 4 is 11.6 Å². The fourth-order valence-electron chi connectivity index (χ4n) is 5.50. The first kappa shape index (κ1) is 26.3. The summed E-state index contributed by atoms with van der Waals surface area (Å²) in [5, 5.41) is 38.8. The SMILES string of the molecule is C[C@@H]1CC[C@@H](CNC(=O)c2cnn3cc(CCO)cnc23)[C@](C)(O)C[C@H](c2ccccc2)C[C@@H](O)C1. The molecular weight excluding hydrogens is 456 g/mol. The van der Waals surface area contributed by atoms with E-state index in [0.29, 0.717) is 42.9 Å². The zero-order valence-electron chi connectivity index (χ0n) is 21.2. The second-order valence-electron chi connectivity index (χ2n) is 10.6. The lowest BCUT2D eigenvalue weighted by atomic mass is 9.73. The monoisotopic (exact) mass is 494 g/mol. The highest BCUT2D eigenvalue weighted by atomic mass is 16.3. The molecule has 4 N–H and O–H groups in total. The predicted molar refractivity (Wildman–Crippen MR) is 138 cm³/mol. The number of benzene rings is 1. The van der Waals surface area contributed by atoms with E-state index in [0.717, 1.165) is 30.4 Å². The van der Waals surface area contributed by atoms with Gasteiger partial charge in [-0.2, -0.15) is 5.10 Å². The van der Waals surface area contributed by atoms with Crippen molar-refractivity contribution in [3.63, 3.8) is 0 Å². The molecule has 0 spiro atoms. The third-order valence-electron chi connectivity index (χ3n) is 7.61. The first-order valence-corrected chi connectivity index (χ1v) is 12.9. The third-order valence-corrected chi connectivity index (χ3v) is 7.61. The summed E-state index contributed by atoms with van der Waals surface area (Å²) < 4.78 is 1.55. The van der Waals surface area contributed by atoms with Gasteiger partial charge >= 0.3 is 0 Å². The number of rotatable bonds is 6. The minimum atomic E-state index is -1.02. The summed E-state index contributed by atoms with van der Waals surface area (Å²) in [5.74, 6) is -0.0724. The molecule has 0 bridgehead atoms. The van der Waals surface area contributed by atoms with Gasteiger partial charge in [0.2, 0.25) is 0 Å². The Morgan fingerprint density at radius 3 is 2.72 bits per heavy atom. The van der Waals surface area contributed by atoms with Crippen molar-refractivity contribution in [2.24, 2.45) is 11.8 Å². The van der Waals surface area contributed by atoms with Crippen LogP contribution in [0.5, 0.6) is 0 Å². The number of amides is 1. The van der Waals surface area contributed by atoms with E-state index in [1.54, 1.807) is 16.9 Å². The van der Waals surface area contributed by atoms with Gasteiger partial charge in [0.15, 0.2) is 5.65 Å². The Bertz CT molecular complexity index is 1150. The van der Waals surface area contributed by atoms with Gasteiger partial charge in [0.25, 0.3) is 5.91 Å². The van der Waals surface area contributed by atoms with Gasteiger partial charge in [0, 0.05) is 31.5 Å². The lowest BCUT2D eigenvalue weighted by Crippen LogP contribution is -2.44. The lowest BCUT2D eigenvalue weighted by molar-refractivity contribution is -0.0278. The number of aliphatic hydroxyl groups excluding tert-OH is 2. The van der Waals surface area contributed by atoms with E-state index in [-0.39, 0.29) is 24.3 Å². The van der Waals surface area contributed by atoms with Gasteiger partial charge in [-0.15, -0.1) is 0 Å². The van der Waals surface area contributed by atoms with Crippen molar-refractivity contribution in [2.45, 2.75) is 70.0 Å². The van der Waals surface area contributed by atoms with Gasteiger partial charge in [0.05, 0.1) is 17.9 Å². The summed E-state index contributed by atoms with van der Waals surface area (Å²) in [5.41, 5.74) is 1.77. The summed E-state index contributed by atoms with van der Waals surface area (Å²) in [6.45, 7) is 4.36. The molecule has 8 nitrogen and oxygen atoms in total. The van der Waals surface area contributed by atoms with Crippen LogP contribution in [0.1, 0.15) is 73.4 Å². The molecular formula is C28H38N4O4. The maximum atomic E-state index is 13.1. The van der Waals surface area contributed by atoms with Gasteiger partial charge in [-0.05, 0) is 62.0 Å². The number of nitrogens with one attached hydrogen (secondary N) is 1. The normalized spacial score (nSPS) is 27.6. The van der Waals surface area contributed by atoms with E-state index in [2.05, 4.69) is 34.5 Å². The van der Waals surface area contributed by atoms with Crippen molar-refractivity contribution in [2.75, 3.05) is 13.2 Å². The molecule has 1 aliphatic carbocycles. The highest BCUT2D eigenvalue weighted by molar-refractivity contribution is 5.99. The quantitative estimate of drug-likeness (QED) is 0.418. The molecule has 1 fully saturated rings. The molecule has 1 aliphatic rings. The zero-order valence-corrected chi connectivity index (χ0v) is 21.2. The lowest BCUT2D eigenvalue weighted by Gasteiger charge is -2.38. The number of aromatic nitrogens is 3. The van der Waals surface area contributed by atoms with Crippen LogP contribution in [0, 0.1) is 11.8 Å². The van der Waals surface area contributed by atoms with Gasteiger partial charge in [-0.3, -0.25) is 4.79 Å². The first-order valence-electron chi connectivity index (χ1n) is 12.9. The van der Waals surface area contributed by atoms with Crippen LogP contribution in [-0.4, -0.2) is 60.7 Å². The summed E-state index contributed by atoms with van der Waals surface area (Å²) in [7, 11) is 0. The Kier molecular flexibility index (Phi) is 8.39. The summed E-state index contributed by atoms with van der Waals surface area (Å²) in [6, 6.07) is 10.1. The maximum absolute atomic E-state index is 13.1. The van der Waals surface area contributed by atoms with Crippen LogP contribution in [0.15, 0.2) is 48.9 Å². The van der Waals surface area contributed by atoms with Crippen LogP contribution >= 0.6 is 0 Å². The van der Waals surface area contributed by atoms with E-state index < -0.39 is 11.7 Å². The van der Waals surface area contributed by atoms with Crippen molar-refractivity contribution in [3.8, 4) is 0 Å². The Morgan fingerprint density at radius 2 is 1.97 bits per heavy atom. The molecule has 8 heteroatoms. The molecule has 36 heavy (non-hydrogen) atoms. The van der Waals surface area contributed by atoms with Crippen LogP contribution in [0.3, 0.4) is 0 Å². The van der Waals surface area contributed by atoms with E-state index >= 15 is 0 Å². The highest BCUT2D eigenvalue weighted by Crippen LogP contribution is 2.38. The second-order valence-corrected chi connectivity index (χ2v) is 10.6. The molecule has 1 aromatic carbocycles. The van der Waals surface area contributed by atoms with Crippen LogP contribution in [-0.2, 0) is 6.42 Å². The number of hydrogen-bond acceptors (Lipinski definition) is 6. The predicted octanol–water partition coefficient (Wildman–Crippen LogP) is 3.11. The minimum Gasteiger partial charge on any atom is -0.396 e. The van der Waals surface area contributed by atoms with Crippen LogP contribution in [0.4, 0.5) is 0 Å². The molecule has 0 radical (unpaired) electrons. The minimum absolute atomic E-state index is 0.0197. The standard InChI is InChI=1S/C28H38N4O4/c1-19-8-9-23(28(2,36)14-22(13-24(34)12-19)21-6-4-3-5-7-21)16-30-27(35)25-17-31-32-18-20(10-11-33)15-29-26(25)32/h3-7,15,17-19,22-24,33-34,36H,8-14,16H2,1-2H3,(H,30,35)/t19-,22-,23+,24+,28-/m1/s1. The molecule has 0 saturated heterocycles. The number of aliphatic hydroxyl groups is 3. The van der Waals surface area contributed by atoms with Gasteiger partial charge in [-0.1, -0.05) is 43.7 Å². The molecule has 0 aliphatic heterocycles. The van der Waals surface area contributed by atoms with E-state index in [1.807, 2.05) is 25.1 Å². The average molecular weight is 495 g/mol. The summed E-state index contributed by atoms with van der Waals surface area (Å²) in [4.78, 5) is 17.5. The first-order chi connectivity index (χ1) is 17.3. The molecule has 2 aromatic heterocycles. The molecule has 194 valence electrons. The topological polar surface area (TPSA) is 120 Å². The van der Waals surface area contributed by atoms with Crippen molar-refractivity contribution in [1.29, 1.82) is 0 Å². The second kappa shape index (κ2) is 11.5. The van der Waals surface area contributed by atoms with Gasteiger partial charge < -0.3 is 20.6 Å². The molecule has 1 saturated carbocycles. The zero-order chi connectivity index (χ0) is 25.7. The molecule has 5 atom stereocenters. The van der Waals surface area contributed by atoms with E-state index in [9.17, 15) is 15.0 Å². The third kappa shape index (κ3) is 6.30. The average Bonchev–Trinajstić information content (AvgIpc) is 3.27. The number of carbonyl (C=O) groups is 1. The smallest absolute Gasteiger partial charge is 0.256 e. The Labute approximate surface area is 212 Å². The summed E-state index contributed by atoms with van der Waals surface area (Å²) in [6.07, 6.45) is 8.45. The van der Waals surface area contributed by atoms with E-state index in [4.69, 9.17) is 5.11 Å².